The molecule has 0 aromatic heterocycles. The number of halogens is 3. The van der Waals surface area contributed by atoms with Crippen molar-refractivity contribution in [3.05, 3.63) is 59.2 Å². The van der Waals surface area contributed by atoms with Gasteiger partial charge in [-0.2, -0.15) is 5.26 Å². The highest BCUT2D eigenvalue weighted by Gasteiger charge is 2.38. The van der Waals surface area contributed by atoms with Gasteiger partial charge in [-0.1, -0.05) is 6.07 Å². The Morgan fingerprint density at radius 3 is 2.48 bits per heavy atom. The molecular formula is C19H11F3N4O3. The summed E-state index contributed by atoms with van der Waals surface area (Å²) < 4.78 is 41.1. The van der Waals surface area contributed by atoms with Gasteiger partial charge in [-0.3, -0.25) is 10.1 Å². The third-order valence-corrected chi connectivity index (χ3v) is 4.39. The number of nitrogens with one attached hydrogen (secondary N) is 2. The Morgan fingerprint density at radius 1 is 1.10 bits per heavy atom. The van der Waals surface area contributed by atoms with E-state index >= 15 is 0 Å². The van der Waals surface area contributed by atoms with Crippen molar-refractivity contribution < 1.29 is 27.5 Å². The predicted molar refractivity (Wildman–Crippen MR) is 94.9 cm³/mol. The molecular weight excluding hydrogens is 389 g/mol. The SMILES string of the molecule is N#Cc1ccc2c(c1)N(c1ccc(OC(F)(F)F)cc1)C1NC(=O)NC(=O)C1=C2. The van der Waals surface area contributed by atoms with E-state index in [1.807, 2.05) is 6.07 Å². The minimum Gasteiger partial charge on any atom is -0.406 e. The topological polar surface area (TPSA) is 94.5 Å². The van der Waals surface area contributed by atoms with Gasteiger partial charge < -0.3 is 15.0 Å². The van der Waals surface area contributed by atoms with Crippen molar-refractivity contribution in [2.45, 2.75) is 12.5 Å². The summed E-state index contributed by atoms with van der Waals surface area (Å²) in [5.74, 6) is -0.999. The Labute approximate surface area is 162 Å². The van der Waals surface area contributed by atoms with Crippen molar-refractivity contribution in [2.24, 2.45) is 0 Å². The molecule has 2 N–H and O–H groups in total. The van der Waals surface area contributed by atoms with Crippen LogP contribution in [0, 0.1) is 11.3 Å². The Kier molecular flexibility index (Phi) is 4.15. The van der Waals surface area contributed by atoms with Gasteiger partial charge in [0.05, 0.1) is 22.9 Å². The minimum atomic E-state index is -4.83. The molecule has 2 aromatic rings. The van der Waals surface area contributed by atoms with E-state index < -0.39 is 30.2 Å². The van der Waals surface area contributed by atoms with Gasteiger partial charge in [0.25, 0.3) is 5.91 Å². The number of fused-ring (bicyclic) bond motifs is 2. The van der Waals surface area contributed by atoms with Crippen molar-refractivity contribution in [1.82, 2.24) is 10.6 Å². The zero-order chi connectivity index (χ0) is 20.8. The standard InChI is InChI=1S/C19H11F3N4O3/c20-19(21,22)29-13-5-3-12(4-6-13)26-15-7-10(9-23)1-2-11(15)8-14-16(26)24-18(28)25-17(14)27/h1-8,16H,(H2,24,25,27,28). The number of carbonyl (C=O) groups excluding carboxylic acids is 2. The van der Waals surface area contributed by atoms with Crippen LogP contribution in [0.1, 0.15) is 11.1 Å². The summed E-state index contributed by atoms with van der Waals surface area (Å²) in [6.07, 6.45) is -4.13. The second-order valence-corrected chi connectivity index (χ2v) is 6.23. The van der Waals surface area contributed by atoms with Gasteiger partial charge in [0.2, 0.25) is 0 Å². The van der Waals surface area contributed by atoms with E-state index in [0.29, 0.717) is 22.5 Å². The molecule has 0 spiro atoms. The van der Waals surface area contributed by atoms with Crippen LogP contribution < -0.4 is 20.3 Å². The van der Waals surface area contributed by atoms with Crippen LogP contribution in [0.3, 0.4) is 0 Å². The second kappa shape index (κ2) is 6.56. The Hall–Kier alpha value is -4.00. The summed E-state index contributed by atoms with van der Waals surface area (Å²) in [6.45, 7) is 0. The van der Waals surface area contributed by atoms with Crippen LogP contribution in [-0.4, -0.2) is 24.5 Å². The van der Waals surface area contributed by atoms with Gasteiger partial charge in [-0.25, -0.2) is 4.79 Å². The van der Waals surface area contributed by atoms with Gasteiger partial charge in [0.15, 0.2) is 0 Å². The highest BCUT2D eigenvalue weighted by Crippen LogP contribution is 2.39. The maximum Gasteiger partial charge on any atom is 0.573 e. The number of hydrogen-bond donors (Lipinski definition) is 2. The molecule has 2 heterocycles. The lowest BCUT2D eigenvalue weighted by atomic mass is 9.96. The van der Waals surface area contributed by atoms with E-state index in [4.69, 9.17) is 0 Å². The van der Waals surface area contributed by atoms with Gasteiger partial charge in [-0.15, -0.1) is 13.2 Å². The summed E-state index contributed by atoms with van der Waals surface area (Å²) in [6, 6.07) is 11.1. The summed E-state index contributed by atoms with van der Waals surface area (Å²) in [5, 5.41) is 14.0. The minimum absolute atomic E-state index is 0.248. The summed E-state index contributed by atoms with van der Waals surface area (Å²) >= 11 is 0. The second-order valence-electron chi connectivity index (χ2n) is 6.23. The highest BCUT2D eigenvalue weighted by atomic mass is 19.4. The normalized spacial score (nSPS) is 17.9. The lowest BCUT2D eigenvalue weighted by Gasteiger charge is -2.41. The number of nitriles is 1. The van der Waals surface area contributed by atoms with Crippen molar-refractivity contribution in [3.8, 4) is 11.8 Å². The first-order valence-corrected chi connectivity index (χ1v) is 8.28. The number of rotatable bonds is 2. The molecule has 7 nitrogen and oxygen atoms in total. The molecule has 146 valence electrons. The molecule has 29 heavy (non-hydrogen) atoms. The third-order valence-electron chi connectivity index (χ3n) is 4.39. The number of imide groups is 1. The van der Waals surface area contributed by atoms with Crippen molar-refractivity contribution >= 4 is 29.4 Å². The third kappa shape index (κ3) is 3.45. The van der Waals surface area contributed by atoms with Gasteiger partial charge in [-0.05, 0) is 48.0 Å². The van der Waals surface area contributed by atoms with Gasteiger partial charge in [0, 0.05) is 5.69 Å². The quantitative estimate of drug-likeness (QED) is 0.808. The molecule has 2 aromatic carbocycles. The Balaban J connectivity index is 1.82. The maximum atomic E-state index is 12.4. The molecule has 0 radical (unpaired) electrons. The lowest BCUT2D eigenvalue weighted by Crippen LogP contribution is -2.60. The van der Waals surface area contributed by atoms with Crippen LogP contribution in [0.4, 0.5) is 29.3 Å². The van der Waals surface area contributed by atoms with E-state index in [1.54, 1.807) is 29.2 Å². The number of benzene rings is 2. The maximum absolute atomic E-state index is 12.4. The van der Waals surface area contributed by atoms with E-state index in [2.05, 4.69) is 15.4 Å². The fraction of sp³-hybridized carbons (Fsp3) is 0.105. The zero-order valence-electron chi connectivity index (χ0n) is 14.4. The summed E-state index contributed by atoms with van der Waals surface area (Å²) in [5.41, 5.74) is 2.10. The zero-order valence-corrected chi connectivity index (χ0v) is 14.4. The molecule has 3 amide bonds. The molecule has 1 saturated heterocycles. The highest BCUT2D eigenvalue weighted by molar-refractivity contribution is 6.12. The number of urea groups is 1. The fourth-order valence-corrected chi connectivity index (χ4v) is 3.23. The molecule has 0 aliphatic carbocycles. The molecule has 4 rings (SSSR count). The lowest BCUT2D eigenvalue weighted by molar-refractivity contribution is -0.274. The van der Waals surface area contributed by atoms with Crippen LogP contribution in [0.2, 0.25) is 0 Å². The van der Waals surface area contributed by atoms with Crippen LogP contribution in [0.15, 0.2) is 48.0 Å². The number of ether oxygens (including phenoxy) is 1. The fourth-order valence-electron chi connectivity index (χ4n) is 3.23. The van der Waals surface area contributed by atoms with E-state index in [1.165, 1.54) is 12.1 Å². The van der Waals surface area contributed by atoms with E-state index in [-0.39, 0.29) is 5.57 Å². The number of hydrogen-bond acceptors (Lipinski definition) is 5. The number of anilines is 2. The summed E-state index contributed by atoms with van der Waals surface area (Å²) in [4.78, 5) is 25.7. The molecule has 10 heteroatoms. The molecule has 2 aliphatic heterocycles. The molecule has 0 bridgehead atoms. The average Bonchev–Trinajstić information content (AvgIpc) is 2.66. The first-order valence-electron chi connectivity index (χ1n) is 8.28. The van der Waals surface area contributed by atoms with Crippen LogP contribution in [0.25, 0.3) is 6.08 Å². The number of carbonyl (C=O) groups is 2. The predicted octanol–water partition coefficient (Wildman–Crippen LogP) is 3.16. The van der Waals surface area contributed by atoms with Crippen molar-refractivity contribution in [2.75, 3.05) is 4.90 Å². The first kappa shape index (κ1) is 18.4. The molecule has 1 unspecified atom stereocenters. The van der Waals surface area contributed by atoms with Gasteiger partial charge in [0.1, 0.15) is 11.9 Å². The first-order chi connectivity index (χ1) is 13.7. The monoisotopic (exact) mass is 400 g/mol. The van der Waals surface area contributed by atoms with Crippen LogP contribution >= 0.6 is 0 Å². The molecule has 2 aliphatic rings. The van der Waals surface area contributed by atoms with Crippen molar-refractivity contribution in [1.29, 1.82) is 5.26 Å². The molecule has 0 saturated carbocycles. The number of amides is 3. The Morgan fingerprint density at radius 2 is 1.83 bits per heavy atom. The van der Waals surface area contributed by atoms with Gasteiger partial charge >= 0.3 is 12.4 Å². The Bertz CT molecular complexity index is 1090. The van der Waals surface area contributed by atoms with Crippen molar-refractivity contribution in [3.63, 3.8) is 0 Å². The smallest absolute Gasteiger partial charge is 0.406 e. The van der Waals surface area contributed by atoms with E-state index in [9.17, 15) is 28.0 Å². The largest absolute Gasteiger partial charge is 0.573 e. The summed E-state index contributed by atoms with van der Waals surface area (Å²) in [7, 11) is 0. The van der Waals surface area contributed by atoms with Crippen LogP contribution in [-0.2, 0) is 4.79 Å². The number of nitrogens with zero attached hydrogens (tertiary/aromatic N) is 2. The van der Waals surface area contributed by atoms with Crippen LogP contribution in [0.5, 0.6) is 5.75 Å². The number of alkyl halides is 3. The van der Waals surface area contributed by atoms with E-state index in [0.717, 1.165) is 12.1 Å². The average molecular weight is 400 g/mol. The molecule has 1 atom stereocenters. The molecule has 1 fully saturated rings.